The summed E-state index contributed by atoms with van der Waals surface area (Å²) in [7, 11) is 2.61. The molecule has 0 heterocycles. The molecule has 0 unspecified atom stereocenters. The number of rotatable bonds is 3. The van der Waals surface area contributed by atoms with Gasteiger partial charge in [-0.05, 0) is 24.0 Å². The largest absolute Gasteiger partial charge is 0.469 e. The summed E-state index contributed by atoms with van der Waals surface area (Å²) in [5, 5.41) is 0. The van der Waals surface area contributed by atoms with E-state index < -0.39 is 23.8 Å². The lowest BCUT2D eigenvalue weighted by atomic mass is 9.74. The number of Topliss-reactive ketones (excluding diaryl/α,β-unsaturated/α-hetero) is 1. The minimum absolute atomic E-state index is 0.0144. The van der Waals surface area contributed by atoms with E-state index in [-0.39, 0.29) is 18.1 Å². The Morgan fingerprint density at radius 1 is 0.917 bits per heavy atom. The maximum Gasteiger partial charge on any atom is 0.309 e. The van der Waals surface area contributed by atoms with Gasteiger partial charge in [-0.3, -0.25) is 14.4 Å². The first-order valence-electron chi connectivity index (χ1n) is 8.02. The summed E-state index contributed by atoms with van der Waals surface area (Å²) < 4.78 is 9.71. The van der Waals surface area contributed by atoms with Crippen LogP contribution >= 0.6 is 0 Å². The Labute approximate surface area is 140 Å². The highest BCUT2D eigenvalue weighted by atomic mass is 16.5. The minimum Gasteiger partial charge on any atom is -0.469 e. The van der Waals surface area contributed by atoms with E-state index >= 15 is 0 Å². The molecule has 0 aliphatic heterocycles. The quantitative estimate of drug-likeness (QED) is 0.797. The number of hydrogen-bond donors (Lipinski definition) is 0. The average molecular weight is 328 g/mol. The Morgan fingerprint density at radius 3 is 2.08 bits per heavy atom. The van der Waals surface area contributed by atoms with Crippen molar-refractivity contribution in [3.05, 3.63) is 47.0 Å². The Hall–Kier alpha value is -2.43. The number of ketones is 1. The third-order valence-corrected chi connectivity index (χ3v) is 5.09. The van der Waals surface area contributed by atoms with Crippen LogP contribution in [0.3, 0.4) is 0 Å². The molecule has 3 atom stereocenters. The highest BCUT2D eigenvalue weighted by Crippen LogP contribution is 2.48. The molecule has 0 spiro atoms. The average Bonchev–Trinajstić information content (AvgIpc) is 2.96. The van der Waals surface area contributed by atoms with Gasteiger partial charge in [0.2, 0.25) is 0 Å². The van der Waals surface area contributed by atoms with Gasteiger partial charge in [0.25, 0.3) is 0 Å². The molecular weight excluding hydrogens is 308 g/mol. The van der Waals surface area contributed by atoms with Crippen LogP contribution in [-0.2, 0) is 23.9 Å². The van der Waals surface area contributed by atoms with Gasteiger partial charge in [-0.25, -0.2) is 0 Å². The van der Waals surface area contributed by atoms with Crippen molar-refractivity contribution in [2.24, 2.45) is 11.8 Å². The summed E-state index contributed by atoms with van der Waals surface area (Å²) in [6.45, 7) is 0. The summed E-state index contributed by atoms with van der Waals surface area (Å²) in [5.41, 5.74) is 2.73. The molecule has 0 saturated carbocycles. The highest BCUT2D eigenvalue weighted by molar-refractivity contribution is 6.01. The summed E-state index contributed by atoms with van der Waals surface area (Å²) in [4.78, 5) is 36.7. The molecule has 0 radical (unpaired) electrons. The first kappa shape index (κ1) is 16.4. The third kappa shape index (κ3) is 2.75. The first-order valence-corrected chi connectivity index (χ1v) is 8.02. The van der Waals surface area contributed by atoms with Crippen LogP contribution in [0.1, 0.15) is 30.7 Å². The van der Waals surface area contributed by atoms with Gasteiger partial charge in [-0.2, -0.15) is 0 Å². The summed E-state index contributed by atoms with van der Waals surface area (Å²) in [6, 6.07) is 9.80. The molecule has 1 aromatic carbocycles. The van der Waals surface area contributed by atoms with E-state index in [1.54, 1.807) is 0 Å². The Kier molecular flexibility index (Phi) is 4.51. The molecule has 0 saturated heterocycles. The van der Waals surface area contributed by atoms with Gasteiger partial charge in [0.1, 0.15) is 0 Å². The summed E-state index contributed by atoms with van der Waals surface area (Å²) in [5.74, 6) is -2.09. The maximum absolute atomic E-state index is 12.5. The zero-order valence-electron chi connectivity index (χ0n) is 13.8. The summed E-state index contributed by atoms with van der Waals surface area (Å²) in [6.07, 6.45) is 1.02. The fourth-order valence-electron chi connectivity index (χ4n) is 3.88. The van der Waals surface area contributed by atoms with E-state index in [4.69, 9.17) is 9.47 Å². The Bertz CT molecular complexity index is 704. The molecule has 0 amide bonds. The van der Waals surface area contributed by atoms with E-state index in [2.05, 4.69) is 0 Å². The number of carbonyl (C=O) groups is 3. The number of esters is 2. The van der Waals surface area contributed by atoms with Crippen LogP contribution < -0.4 is 0 Å². The molecule has 126 valence electrons. The molecule has 1 aromatic rings. The number of allylic oxidation sites excluding steroid dienone is 2. The van der Waals surface area contributed by atoms with Crippen molar-refractivity contribution in [3.8, 4) is 0 Å². The van der Waals surface area contributed by atoms with E-state index in [0.717, 1.165) is 11.1 Å². The molecule has 0 N–H and O–H groups in total. The molecule has 24 heavy (non-hydrogen) atoms. The van der Waals surface area contributed by atoms with E-state index in [1.165, 1.54) is 14.2 Å². The van der Waals surface area contributed by atoms with Crippen LogP contribution in [0.5, 0.6) is 0 Å². The second-order valence-corrected chi connectivity index (χ2v) is 6.26. The molecule has 5 nitrogen and oxygen atoms in total. The standard InChI is InChI=1S/C19H20O5/c1-23-18(21)15-8-13-12(11-6-4-3-5-7-11)10-17(20)14(13)9-16(15)19(22)24-2/h3-7,12,15-16H,8-10H2,1-2H3/t12-,15+,16-/m1/s1. The fourth-order valence-corrected chi connectivity index (χ4v) is 3.88. The second-order valence-electron chi connectivity index (χ2n) is 6.26. The van der Waals surface area contributed by atoms with Gasteiger partial charge < -0.3 is 9.47 Å². The number of ether oxygens (including phenoxy) is 2. The van der Waals surface area contributed by atoms with Crippen LogP contribution in [0, 0.1) is 11.8 Å². The second kappa shape index (κ2) is 6.59. The number of carbonyl (C=O) groups excluding carboxylic acids is 3. The van der Waals surface area contributed by atoms with Crippen LogP contribution in [0.2, 0.25) is 0 Å². The number of methoxy groups -OCH3 is 2. The van der Waals surface area contributed by atoms with Gasteiger partial charge in [0.15, 0.2) is 5.78 Å². The van der Waals surface area contributed by atoms with Crippen molar-refractivity contribution in [2.45, 2.75) is 25.2 Å². The molecule has 5 heteroatoms. The van der Waals surface area contributed by atoms with Crippen molar-refractivity contribution in [1.29, 1.82) is 0 Å². The monoisotopic (exact) mass is 328 g/mol. The predicted molar refractivity (Wildman–Crippen MR) is 86.1 cm³/mol. The Morgan fingerprint density at radius 2 is 1.50 bits per heavy atom. The van der Waals surface area contributed by atoms with E-state index in [0.29, 0.717) is 18.4 Å². The smallest absolute Gasteiger partial charge is 0.309 e. The normalized spacial score (nSPS) is 26.1. The van der Waals surface area contributed by atoms with Crippen molar-refractivity contribution < 1.29 is 23.9 Å². The van der Waals surface area contributed by atoms with Crippen LogP contribution in [0.25, 0.3) is 0 Å². The van der Waals surface area contributed by atoms with Gasteiger partial charge in [0, 0.05) is 12.3 Å². The van der Waals surface area contributed by atoms with Gasteiger partial charge in [-0.1, -0.05) is 35.9 Å². The molecule has 2 aliphatic rings. The number of benzene rings is 1. The maximum atomic E-state index is 12.5. The zero-order chi connectivity index (χ0) is 17.3. The van der Waals surface area contributed by atoms with Crippen molar-refractivity contribution in [3.63, 3.8) is 0 Å². The molecule has 0 fully saturated rings. The molecule has 3 rings (SSSR count). The SMILES string of the molecule is COC(=O)[C@H]1CC2=C(C[C@H]1C(=O)OC)C(=O)C[C@@H]2c1ccccc1. The van der Waals surface area contributed by atoms with Crippen molar-refractivity contribution in [2.75, 3.05) is 14.2 Å². The van der Waals surface area contributed by atoms with Gasteiger partial charge in [-0.15, -0.1) is 0 Å². The van der Waals surface area contributed by atoms with Crippen LogP contribution in [0.4, 0.5) is 0 Å². The molecular formula is C19H20O5. The van der Waals surface area contributed by atoms with E-state index in [9.17, 15) is 14.4 Å². The topological polar surface area (TPSA) is 69.7 Å². The van der Waals surface area contributed by atoms with Crippen molar-refractivity contribution >= 4 is 17.7 Å². The first-order chi connectivity index (χ1) is 11.6. The lowest BCUT2D eigenvalue weighted by Gasteiger charge is -2.30. The van der Waals surface area contributed by atoms with Crippen LogP contribution in [0.15, 0.2) is 41.5 Å². The Balaban J connectivity index is 1.98. The fraction of sp³-hybridized carbons (Fsp3) is 0.421. The molecule has 0 bridgehead atoms. The lowest BCUT2D eigenvalue weighted by molar-refractivity contribution is -0.158. The van der Waals surface area contributed by atoms with Crippen molar-refractivity contribution in [1.82, 2.24) is 0 Å². The predicted octanol–water partition coefficient (Wildman–Crippen LogP) is 2.41. The highest BCUT2D eigenvalue weighted by Gasteiger charge is 2.46. The molecule has 0 aromatic heterocycles. The number of hydrogen-bond acceptors (Lipinski definition) is 5. The molecule has 2 aliphatic carbocycles. The van der Waals surface area contributed by atoms with Gasteiger partial charge in [0.05, 0.1) is 26.1 Å². The zero-order valence-corrected chi connectivity index (χ0v) is 13.8. The lowest BCUT2D eigenvalue weighted by Crippen LogP contribution is -2.35. The van der Waals surface area contributed by atoms with E-state index in [1.807, 2.05) is 30.3 Å². The minimum atomic E-state index is -0.653. The third-order valence-electron chi connectivity index (χ3n) is 5.09. The van der Waals surface area contributed by atoms with Crippen LogP contribution in [-0.4, -0.2) is 31.9 Å². The van der Waals surface area contributed by atoms with Gasteiger partial charge >= 0.3 is 11.9 Å². The summed E-state index contributed by atoms with van der Waals surface area (Å²) >= 11 is 0.